The number of benzene rings is 2. The molecule has 10 nitrogen and oxygen atoms in total. The Balaban J connectivity index is 1.29. The largest absolute Gasteiger partial charge is 0.492 e. The van der Waals surface area contributed by atoms with Gasteiger partial charge in [-0.05, 0) is 55.7 Å². The van der Waals surface area contributed by atoms with Crippen molar-refractivity contribution in [1.82, 2.24) is 13.9 Å². The monoisotopic (exact) mass is 585 g/mol. The number of carbonyl (C=O) groups excluding carboxylic acids is 1. The van der Waals surface area contributed by atoms with Crippen LogP contribution in [0.4, 0.5) is 0 Å². The first-order valence-electron chi connectivity index (χ1n) is 12.5. The predicted octanol–water partition coefficient (Wildman–Crippen LogP) is 2.48. The van der Waals surface area contributed by atoms with Crippen molar-refractivity contribution in [3.05, 3.63) is 53.1 Å². The quantitative estimate of drug-likeness (QED) is 0.480. The molecule has 2 saturated heterocycles. The summed E-state index contributed by atoms with van der Waals surface area (Å²) >= 11 is 6.17. The van der Waals surface area contributed by atoms with Crippen molar-refractivity contribution in [2.45, 2.75) is 36.1 Å². The van der Waals surface area contributed by atoms with Gasteiger partial charge >= 0.3 is 0 Å². The lowest BCUT2D eigenvalue weighted by atomic mass is 9.97. The van der Waals surface area contributed by atoms with Gasteiger partial charge in [-0.2, -0.15) is 8.61 Å². The van der Waals surface area contributed by atoms with E-state index in [1.54, 1.807) is 30.3 Å². The first-order chi connectivity index (χ1) is 18.1. The first-order valence-corrected chi connectivity index (χ1v) is 15.8. The van der Waals surface area contributed by atoms with Crippen LogP contribution in [0.25, 0.3) is 0 Å². The normalized spacial score (nSPS) is 18.3. The Hall–Kier alpha value is -2.22. The summed E-state index contributed by atoms with van der Waals surface area (Å²) in [7, 11) is -7.32. The van der Waals surface area contributed by atoms with Crippen molar-refractivity contribution < 1.29 is 31.1 Å². The third-order valence-corrected chi connectivity index (χ3v) is 10.8. The van der Waals surface area contributed by atoms with E-state index in [2.05, 4.69) is 5.32 Å². The molecule has 208 valence electrons. The molecule has 2 aromatic rings. The lowest BCUT2D eigenvalue weighted by Crippen LogP contribution is -2.42. The Bertz CT molecular complexity index is 1340. The molecule has 1 N–H and O–H groups in total. The van der Waals surface area contributed by atoms with Crippen molar-refractivity contribution in [2.24, 2.45) is 5.92 Å². The average Bonchev–Trinajstić information content (AvgIpc) is 2.93. The van der Waals surface area contributed by atoms with E-state index >= 15 is 0 Å². The standard InChI is InChI=1S/C25H32ClN3O7S2/c1-2-36-24-8-7-22(17-23(24)26)38(33,34)28-11-9-20(10-12-28)25(30)27-18-19-3-5-21(6-4-19)37(31,32)29-13-15-35-16-14-29/h3-8,17,20H,2,9-16,18H2,1H3,(H,27,30). The van der Waals surface area contributed by atoms with E-state index in [9.17, 15) is 21.6 Å². The van der Waals surface area contributed by atoms with Crippen LogP contribution in [-0.4, -0.2) is 77.4 Å². The summed E-state index contributed by atoms with van der Waals surface area (Å²) in [6.07, 6.45) is 0.791. The van der Waals surface area contributed by atoms with E-state index in [0.717, 1.165) is 5.56 Å². The maximum atomic E-state index is 13.1. The second kappa shape index (κ2) is 12.3. The Labute approximate surface area is 229 Å². The molecule has 1 amide bonds. The van der Waals surface area contributed by atoms with Gasteiger partial charge in [-0.3, -0.25) is 4.79 Å². The van der Waals surface area contributed by atoms with Crippen LogP contribution in [0.5, 0.6) is 5.75 Å². The molecule has 4 rings (SSSR count). The molecule has 2 aromatic carbocycles. The van der Waals surface area contributed by atoms with Crippen molar-refractivity contribution in [3.63, 3.8) is 0 Å². The number of hydrogen-bond acceptors (Lipinski definition) is 7. The number of nitrogens with zero attached hydrogens (tertiary/aromatic N) is 2. The van der Waals surface area contributed by atoms with Crippen LogP contribution in [0.1, 0.15) is 25.3 Å². The van der Waals surface area contributed by atoms with Gasteiger partial charge in [-0.15, -0.1) is 0 Å². The summed E-state index contributed by atoms with van der Waals surface area (Å²) in [6, 6.07) is 10.9. The molecule has 2 aliphatic rings. The van der Waals surface area contributed by atoms with Crippen LogP contribution >= 0.6 is 11.6 Å². The summed E-state index contributed by atoms with van der Waals surface area (Å²) < 4.78 is 65.0. The number of ether oxygens (including phenoxy) is 2. The second-order valence-electron chi connectivity index (χ2n) is 9.08. The van der Waals surface area contributed by atoms with E-state index in [4.69, 9.17) is 21.1 Å². The molecule has 0 unspecified atom stereocenters. The lowest BCUT2D eigenvalue weighted by Gasteiger charge is -2.30. The van der Waals surface area contributed by atoms with Gasteiger partial charge in [0.25, 0.3) is 0 Å². The van der Waals surface area contributed by atoms with Gasteiger partial charge < -0.3 is 14.8 Å². The van der Waals surface area contributed by atoms with E-state index in [1.165, 1.54) is 20.7 Å². The Morgan fingerprint density at radius 3 is 2.13 bits per heavy atom. The Morgan fingerprint density at radius 1 is 0.947 bits per heavy atom. The number of halogens is 1. The molecule has 13 heteroatoms. The maximum absolute atomic E-state index is 13.1. The maximum Gasteiger partial charge on any atom is 0.243 e. The van der Waals surface area contributed by atoms with Crippen LogP contribution in [0.3, 0.4) is 0 Å². The zero-order chi connectivity index (χ0) is 27.3. The van der Waals surface area contributed by atoms with Gasteiger partial charge in [-0.25, -0.2) is 16.8 Å². The number of carbonyl (C=O) groups is 1. The highest BCUT2D eigenvalue weighted by Crippen LogP contribution is 2.30. The van der Waals surface area contributed by atoms with Crippen molar-refractivity contribution in [2.75, 3.05) is 46.0 Å². The van der Waals surface area contributed by atoms with Crippen LogP contribution in [0.2, 0.25) is 5.02 Å². The molecule has 2 aliphatic heterocycles. The predicted molar refractivity (Wildman–Crippen MR) is 142 cm³/mol. The van der Waals surface area contributed by atoms with Gasteiger partial charge in [0.1, 0.15) is 5.75 Å². The molecule has 0 atom stereocenters. The minimum atomic E-state index is -3.74. The van der Waals surface area contributed by atoms with Gasteiger partial charge in [0.15, 0.2) is 0 Å². The summed E-state index contributed by atoms with van der Waals surface area (Å²) in [5.41, 5.74) is 0.770. The highest BCUT2D eigenvalue weighted by atomic mass is 35.5. The molecule has 0 bridgehead atoms. The minimum absolute atomic E-state index is 0.0907. The smallest absolute Gasteiger partial charge is 0.243 e. The van der Waals surface area contributed by atoms with Crippen LogP contribution in [-0.2, 0) is 36.1 Å². The van der Waals surface area contributed by atoms with Crippen molar-refractivity contribution in [1.29, 1.82) is 0 Å². The van der Waals surface area contributed by atoms with E-state index in [-0.39, 0.29) is 46.3 Å². The highest BCUT2D eigenvalue weighted by Gasteiger charge is 2.32. The van der Waals surface area contributed by atoms with E-state index in [0.29, 0.717) is 51.5 Å². The Kier molecular flexibility index (Phi) is 9.32. The van der Waals surface area contributed by atoms with Crippen molar-refractivity contribution >= 4 is 37.6 Å². The summed E-state index contributed by atoms with van der Waals surface area (Å²) in [5.74, 6) is -0.0422. The number of morpholine rings is 1. The zero-order valence-electron chi connectivity index (χ0n) is 21.1. The fraction of sp³-hybridized carbons (Fsp3) is 0.480. The number of rotatable bonds is 9. The van der Waals surface area contributed by atoms with Gasteiger partial charge in [0.05, 0.1) is 34.6 Å². The molecular formula is C25H32ClN3O7S2. The number of amides is 1. The average molecular weight is 586 g/mol. The number of nitrogens with one attached hydrogen (secondary N) is 1. The van der Waals surface area contributed by atoms with E-state index < -0.39 is 20.0 Å². The number of sulfonamides is 2. The molecule has 0 saturated carbocycles. The zero-order valence-corrected chi connectivity index (χ0v) is 23.5. The SMILES string of the molecule is CCOc1ccc(S(=O)(=O)N2CCC(C(=O)NCc3ccc(S(=O)(=O)N4CCOCC4)cc3)CC2)cc1Cl. The van der Waals surface area contributed by atoms with E-state index in [1.807, 2.05) is 6.92 Å². The van der Waals surface area contributed by atoms with Gasteiger partial charge in [-0.1, -0.05) is 23.7 Å². The molecule has 38 heavy (non-hydrogen) atoms. The fourth-order valence-electron chi connectivity index (χ4n) is 4.47. The molecular weight excluding hydrogens is 554 g/mol. The third-order valence-electron chi connectivity index (χ3n) is 6.66. The fourth-order valence-corrected chi connectivity index (χ4v) is 7.68. The van der Waals surface area contributed by atoms with Crippen molar-refractivity contribution in [3.8, 4) is 5.75 Å². The lowest BCUT2D eigenvalue weighted by molar-refractivity contribution is -0.126. The summed E-state index contributed by atoms with van der Waals surface area (Å²) in [5, 5.41) is 3.12. The van der Waals surface area contributed by atoms with Gasteiger partial charge in [0, 0.05) is 38.6 Å². The third kappa shape index (κ3) is 6.49. The molecule has 0 aromatic heterocycles. The van der Waals surface area contributed by atoms with Gasteiger partial charge in [0.2, 0.25) is 26.0 Å². The van der Waals surface area contributed by atoms with Crippen LogP contribution in [0, 0.1) is 5.92 Å². The van der Waals surface area contributed by atoms with Crippen LogP contribution in [0.15, 0.2) is 52.3 Å². The minimum Gasteiger partial charge on any atom is -0.492 e. The molecule has 2 heterocycles. The molecule has 0 aliphatic carbocycles. The topological polar surface area (TPSA) is 122 Å². The van der Waals surface area contributed by atoms with Crippen LogP contribution < -0.4 is 10.1 Å². The Morgan fingerprint density at radius 2 is 1.53 bits per heavy atom. The summed E-state index contributed by atoms with van der Waals surface area (Å²) in [6.45, 7) is 4.34. The molecule has 2 fully saturated rings. The number of hydrogen-bond donors (Lipinski definition) is 1. The highest BCUT2D eigenvalue weighted by molar-refractivity contribution is 7.89. The second-order valence-corrected chi connectivity index (χ2v) is 13.4. The molecule has 0 spiro atoms. The number of piperidine rings is 1. The first kappa shape index (κ1) is 28.8. The molecule has 0 radical (unpaired) electrons. The summed E-state index contributed by atoms with van der Waals surface area (Å²) in [4.78, 5) is 13.0.